The highest BCUT2D eigenvalue weighted by molar-refractivity contribution is 5.92. The summed E-state index contributed by atoms with van der Waals surface area (Å²) in [6.07, 6.45) is 3.01. The van der Waals surface area contributed by atoms with Crippen molar-refractivity contribution >= 4 is 11.6 Å². The zero-order valence-corrected chi connectivity index (χ0v) is 16.0. The van der Waals surface area contributed by atoms with Crippen LogP contribution in [0.4, 0.5) is 0 Å². The number of hydrogen-bond donors (Lipinski definition) is 4. The Hall–Kier alpha value is -1.08. The largest absolute Gasteiger partial charge is 0.393 e. The van der Waals surface area contributed by atoms with E-state index in [-0.39, 0.29) is 35.4 Å². The van der Waals surface area contributed by atoms with Gasteiger partial charge in [0.15, 0.2) is 17.2 Å². The van der Waals surface area contributed by atoms with Crippen molar-refractivity contribution in [1.29, 1.82) is 0 Å². The lowest BCUT2D eigenvalue weighted by Gasteiger charge is -2.60. The van der Waals surface area contributed by atoms with Gasteiger partial charge in [0.05, 0.1) is 12.2 Å². The molecule has 4 rings (SSSR count). The van der Waals surface area contributed by atoms with Gasteiger partial charge in [0.25, 0.3) is 0 Å². The van der Waals surface area contributed by atoms with Gasteiger partial charge < -0.3 is 20.4 Å². The molecular formula is C21H30O6. The van der Waals surface area contributed by atoms with E-state index in [4.69, 9.17) is 0 Å². The standard InChI is InChI=1S/C21H30O6/c1-19-6-5-12(23)7-11(19)3-4-13-14-8-16(25)21(27,17(26)10-22)20(14,2)9-15(24)18(13)19/h7,13-16,18,22,24-25,27H,3-6,8-10H2,1-2H3/t13-,14-,15-,16+,18?,19-,20-,21-/m0/s1. The van der Waals surface area contributed by atoms with Gasteiger partial charge in [-0.2, -0.15) is 0 Å². The van der Waals surface area contributed by atoms with Crippen LogP contribution in [0.1, 0.15) is 52.4 Å². The molecule has 8 atom stereocenters. The summed E-state index contributed by atoms with van der Waals surface area (Å²) in [4.78, 5) is 24.3. The lowest BCUT2D eigenvalue weighted by atomic mass is 9.45. The van der Waals surface area contributed by atoms with E-state index >= 15 is 0 Å². The number of hydrogen-bond acceptors (Lipinski definition) is 6. The lowest BCUT2D eigenvalue weighted by Crippen LogP contribution is -2.64. The first-order valence-corrected chi connectivity index (χ1v) is 10.1. The number of carbonyl (C=O) groups is 2. The molecule has 0 heterocycles. The third-order valence-electron chi connectivity index (χ3n) is 8.69. The molecule has 0 aromatic heterocycles. The number of aliphatic hydroxyl groups is 4. The minimum absolute atomic E-state index is 0.0533. The van der Waals surface area contributed by atoms with Crippen LogP contribution >= 0.6 is 0 Å². The fourth-order valence-electron chi connectivity index (χ4n) is 7.32. The van der Waals surface area contributed by atoms with Gasteiger partial charge in [0.1, 0.15) is 6.61 Å². The minimum Gasteiger partial charge on any atom is -0.393 e. The molecule has 6 heteroatoms. The van der Waals surface area contributed by atoms with E-state index in [0.717, 1.165) is 18.4 Å². The van der Waals surface area contributed by atoms with Crippen LogP contribution in [0.15, 0.2) is 11.6 Å². The predicted molar refractivity (Wildman–Crippen MR) is 96.5 cm³/mol. The van der Waals surface area contributed by atoms with Crippen LogP contribution in [0, 0.1) is 28.6 Å². The molecule has 27 heavy (non-hydrogen) atoms. The number of allylic oxidation sites excluding steroid dienone is 1. The van der Waals surface area contributed by atoms with Gasteiger partial charge in [-0.15, -0.1) is 0 Å². The summed E-state index contributed by atoms with van der Waals surface area (Å²) in [7, 11) is 0. The molecule has 150 valence electrons. The Balaban J connectivity index is 1.77. The molecule has 3 fully saturated rings. The molecule has 0 spiro atoms. The molecule has 3 saturated carbocycles. The van der Waals surface area contributed by atoms with Crippen LogP contribution in [0.2, 0.25) is 0 Å². The first kappa shape index (κ1) is 19.2. The van der Waals surface area contributed by atoms with Gasteiger partial charge in [0, 0.05) is 11.8 Å². The van der Waals surface area contributed by atoms with E-state index in [1.807, 2.05) is 0 Å². The van der Waals surface area contributed by atoms with Crippen molar-refractivity contribution in [3.05, 3.63) is 11.6 Å². The second-order valence-electron chi connectivity index (χ2n) is 9.68. The van der Waals surface area contributed by atoms with Crippen LogP contribution in [-0.2, 0) is 9.59 Å². The molecule has 4 N–H and O–H groups in total. The molecule has 0 saturated heterocycles. The summed E-state index contributed by atoms with van der Waals surface area (Å²) in [6.45, 7) is 3.08. The van der Waals surface area contributed by atoms with Crippen LogP contribution in [0.3, 0.4) is 0 Å². The molecule has 0 aliphatic heterocycles. The average Bonchev–Trinajstić information content (AvgIpc) is 2.82. The molecule has 0 aromatic rings. The third-order valence-corrected chi connectivity index (χ3v) is 8.69. The molecule has 4 aliphatic rings. The van der Waals surface area contributed by atoms with Crippen molar-refractivity contribution in [3.8, 4) is 0 Å². The first-order chi connectivity index (χ1) is 12.6. The fraction of sp³-hybridized carbons (Fsp3) is 0.810. The van der Waals surface area contributed by atoms with E-state index in [1.54, 1.807) is 13.0 Å². The molecule has 0 aromatic carbocycles. The van der Waals surface area contributed by atoms with E-state index in [9.17, 15) is 30.0 Å². The van der Waals surface area contributed by atoms with Crippen molar-refractivity contribution in [1.82, 2.24) is 0 Å². The lowest BCUT2D eigenvalue weighted by molar-refractivity contribution is -0.193. The Kier molecular flexibility index (Phi) is 4.25. The Morgan fingerprint density at radius 3 is 2.63 bits per heavy atom. The topological polar surface area (TPSA) is 115 Å². The van der Waals surface area contributed by atoms with Crippen molar-refractivity contribution in [2.75, 3.05) is 6.61 Å². The summed E-state index contributed by atoms with van der Waals surface area (Å²) in [5.41, 5.74) is -2.15. The smallest absolute Gasteiger partial charge is 0.192 e. The SMILES string of the molecule is C[C@]12CCC(=O)C=C1CC[C@@H]1C2[C@@H](O)C[C@@]2(C)[C@H]1C[C@@H](O)[C@]2(O)C(=O)CO. The van der Waals surface area contributed by atoms with Crippen molar-refractivity contribution < 1.29 is 30.0 Å². The van der Waals surface area contributed by atoms with Crippen molar-refractivity contribution in [2.24, 2.45) is 28.6 Å². The van der Waals surface area contributed by atoms with Crippen molar-refractivity contribution in [3.63, 3.8) is 0 Å². The second-order valence-corrected chi connectivity index (χ2v) is 9.68. The number of carbonyl (C=O) groups excluding carboxylic acids is 2. The molecule has 6 nitrogen and oxygen atoms in total. The Bertz CT molecular complexity index is 715. The summed E-state index contributed by atoms with van der Waals surface area (Å²) in [6, 6.07) is 0. The number of Topliss-reactive ketones (excluding diaryl/α,β-unsaturated/α-hetero) is 1. The fourth-order valence-corrected chi connectivity index (χ4v) is 7.32. The summed E-state index contributed by atoms with van der Waals surface area (Å²) >= 11 is 0. The van der Waals surface area contributed by atoms with Gasteiger partial charge >= 0.3 is 0 Å². The molecular weight excluding hydrogens is 348 g/mol. The maximum atomic E-state index is 12.4. The molecule has 0 radical (unpaired) electrons. The highest BCUT2D eigenvalue weighted by Crippen LogP contribution is 2.67. The van der Waals surface area contributed by atoms with E-state index < -0.39 is 35.6 Å². The average molecular weight is 378 g/mol. The number of rotatable bonds is 2. The van der Waals surface area contributed by atoms with Crippen LogP contribution in [0.25, 0.3) is 0 Å². The van der Waals surface area contributed by atoms with Crippen molar-refractivity contribution in [2.45, 2.75) is 70.2 Å². The van der Waals surface area contributed by atoms with Crippen LogP contribution in [0.5, 0.6) is 0 Å². The summed E-state index contributed by atoms with van der Waals surface area (Å²) in [5, 5.41) is 42.4. The molecule has 0 amide bonds. The molecule has 4 aliphatic carbocycles. The molecule has 1 unspecified atom stereocenters. The van der Waals surface area contributed by atoms with Gasteiger partial charge in [0.2, 0.25) is 0 Å². The maximum Gasteiger partial charge on any atom is 0.192 e. The first-order valence-electron chi connectivity index (χ1n) is 10.1. The zero-order chi connectivity index (χ0) is 19.8. The second kappa shape index (κ2) is 5.96. The summed E-state index contributed by atoms with van der Waals surface area (Å²) < 4.78 is 0. The number of aliphatic hydroxyl groups excluding tert-OH is 3. The predicted octanol–water partition coefficient (Wildman–Crippen LogP) is 0.752. The van der Waals surface area contributed by atoms with Gasteiger partial charge in [-0.3, -0.25) is 9.59 Å². The highest BCUT2D eigenvalue weighted by atomic mass is 16.4. The van der Waals surface area contributed by atoms with E-state index in [0.29, 0.717) is 19.3 Å². The van der Waals surface area contributed by atoms with Gasteiger partial charge in [-0.1, -0.05) is 19.4 Å². The quantitative estimate of drug-likeness (QED) is 0.564. The van der Waals surface area contributed by atoms with Crippen LogP contribution < -0.4 is 0 Å². The van der Waals surface area contributed by atoms with Crippen LogP contribution in [-0.4, -0.2) is 56.4 Å². The Morgan fingerprint density at radius 1 is 1.26 bits per heavy atom. The summed E-state index contributed by atoms with van der Waals surface area (Å²) in [5.74, 6) is -0.726. The zero-order valence-electron chi connectivity index (χ0n) is 16.0. The monoisotopic (exact) mass is 378 g/mol. The number of fused-ring (bicyclic) bond motifs is 5. The normalized spacial score (nSPS) is 51.9. The Labute approximate surface area is 159 Å². The van der Waals surface area contributed by atoms with E-state index in [1.165, 1.54) is 0 Å². The Morgan fingerprint density at radius 2 is 1.96 bits per heavy atom. The van der Waals surface area contributed by atoms with Gasteiger partial charge in [-0.25, -0.2) is 0 Å². The highest BCUT2D eigenvalue weighted by Gasteiger charge is 2.71. The van der Waals surface area contributed by atoms with Gasteiger partial charge in [-0.05, 0) is 61.3 Å². The minimum atomic E-state index is -2.03. The molecule has 0 bridgehead atoms. The third kappa shape index (κ3) is 2.27. The maximum absolute atomic E-state index is 12.4. The van der Waals surface area contributed by atoms with E-state index in [2.05, 4.69) is 6.92 Å². The number of ketones is 2.